The number of hydrogen-bond acceptors (Lipinski definition) is 16. The van der Waals surface area contributed by atoms with Gasteiger partial charge in [-0.25, -0.2) is 19.3 Å². The third kappa shape index (κ3) is 16.3. The number of nitrogens with zero attached hydrogens (tertiary/aromatic N) is 10. The van der Waals surface area contributed by atoms with E-state index in [-0.39, 0.29) is 17.8 Å². The van der Waals surface area contributed by atoms with Crippen LogP contribution in [0.2, 0.25) is 0 Å². The van der Waals surface area contributed by atoms with Crippen molar-refractivity contribution in [3.8, 4) is 40.0 Å². The zero-order valence-corrected chi connectivity index (χ0v) is 56.7. The van der Waals surface area contributed by atoms with Crippen LogP contribution in [0, 0.1) is 13.1 Å². The van der Waals surface area contributed by atoms with Crippen LogP contribution >= 0.6 is 0 Å². The summed E-state index contributed by atoms with van der Waals surface area (Å²) in [6.45, 7) is 29.4. The Balaban J connectivity index is 0.000000133. The third-order valence-electron chi connectivity index (χ3n) is 17.9. The number of carbonyl (C=O) groups is 2. The molecule has 5 N–H and O–H groups in total. The number of amides is 2. The average molecular weight is 1340 g/mol. The number of carbonyl (C=O) groups excluding carboxylic acids is 2. The van der Waals surface area contributed by atoms with Gasteiger partial charge in [0.25, 0.3) is 0 Å². The molecule has 2 amide bonds. The molecular weight excluding hydrogens is 1260 g/mol. The summed E-state index contributed by atoms with van der Waals surface area (Å²) in [6.07, 6.45) is 11.0. The number of hydrogen-bond donors (Lipinski definition) is 5. The van der Waals surface area contributed by atoms with Crippen molar-refractivity contribution in [2.45, 2.75) is 108 Å². The van der Waals surface area contributed by atoms with Gasteiger partial charge in [0.1, 0.15) is 45.3 Å². The number of likely N-dealkylation sites (tertiary alicyclic amines) is 2. The number of aromatic nitrogens is 8. The summed E-state index contributed by atoms with van der Waals surface area (Å²) in [5, 5.41) is 49.2. The molecule has 2 aromatic heterocycles. The minimum Gasteiger partial charge on any atom is -0.482 e. The van der Waals surface area contributed by atoms with Crippen LogP contribution in [0.3, 0.4) is 0 Å². The smallest absolute Gasteiger partial charge is 0.482 e. The van der Waals surface area contributed by atoms with Gasteiger partial charge >= 0.3 is 19.3 Å². The second kappa shape index (κ2) is 29.5. The second-order valence-electron chi connectivity index (χ2n) is 27.2. The van der Waals surface area contributed by atoms with Crippen molar-refractivity contribution in [2.24, 2.45) is 0 Å². The van der Waals surface area contributed by atoms with Crippen LogP contribution < -0.4 is 25.0 Å². The van der Waals surface area contributed by atoms with E-state index in [1.165, 1.54) is 23.3 Å². The van der Waals surface area contributed by atoms with Gasteiger partial charge in [0.2, 0.25) is 11.6 Å². The fourth-order valence-corrected chi connectivity index (χ4v) is 12.8. The number of H-pyrrole nitrogens is 2. The van der Waals surface area contributed by atoms with Gasteiger partial charge in [-0.1, -0.05) is 152 Å². The van der Waals surface area contributed by atoms with Crippen LogP contribution in [0.15, 0.2) is 188 Å². The van der Waals surface area contributed by atoms with E-state index in [1.807, 2.05) is 133 Å². The molecule has 9 aromatic rings. The standard InChI is InChI=1S/C25H27N5O3.C25H26N2O3.C20H19N5O.C7H6BNO2/c1-24(2,3)33-23(31)30-14-12-25(13-15-30)16-20(19-6-4-5-7-21(19)32-25)17-8-10-18(11-9-17)22-26-28-29-27-22;1-24(2,3)30-23(28)27-15-13-25(14-16-27)17-21(18-9-11-19(26-4)12-10-18)20-7-5-6-8-22(20)29-25;1-2-4-18-16(3-1)17(13-20(26-18)9-11-21-12-10-20)14-5-7-15(8-6-14)19-22-24-25-23-19;1-9-7-4-2-6(3-5-7)8(10)11/h4-11,16H,12-15H2,1-3H3,(H,26,27,28,29);5-12,17H,13-16H2,1-3H3;1-8,13,21H,9-12H2,(H,22,23,24,25);2-5,10-11H. The van der Waals surface area contributed by atoms with Crippen molar-refractivity contribution in [3.63, 3.8) is 0 Å². The van der Waals surface area contributed by atoms with Crippen LogP contribution in [0.1, 0.15) is 113 Å². The van der Waals surface area contributed by atoms with Gasteiger partial charge in [-0.15, -0.1) is 20.4 Å². The molecule has 508 valence electrons. The van der Waals surface area contributed by atoms with Crippen molar-refractivity contribution in [3.05, 3.63) is 244 Å². The van der Waals surface area contributed by atoms with Crippen LogP contribution in [-0.4, -0.2) is 148 Å². The predicted octanol–water partition coefficient (Wildman–Crippen LogP) is 13.0. The normalized spacial score (nSPS) is 16.6. The number of piperidine rings is 3. The SMILES string of the molecule is C1=C(c2ccc(-c3nn[nH]n3)cc2)c2ccccc2OC12CCNCC2.CC(C)(C)OC(=O)N1CCC2(C=C(c3ccc(-c4nn[nH]n4)cc3)c3ccccc3O2)CC1.[C-]#[N+]c1ccc(B(O)O)cc1.[C-]#[N+]c1ccc(C2=CC3(CCN(C(=O)OC(C)(C)C)CC3)Oc3ccccc32)cc1. The Kier molecular flexibility index (Phi) is 20.2. The Hall–Kier alpha value is -11.2. The molecule has 3 saturated heterocycles. The highest BCUT2D eigenvalue weighted by Gasteiger charge is 2.43. The maximum absolute atomic E-state index is 12.5. The molecule has 0 atom stereocenters. The van der Waals surface area contributed by atoms with E-state index in [1.54, 1.807) is 21.9 Å². The molecule has 15 rings (SSSR count). The molecule has 0 aliphatic carbocycles. The third-order valence-corrected chi connectivity index (χ3v) is 17.9. The number of rotatable bonds is 6. The monoisotopic (exact) mass is 1340 g/mol. The van der Waals surface area contributed by atoms with Crippen molar-refractivity contribution < 1.29 is 43.3 Å². The Morgan fingerprint density at radius 3 is 1.11 bits per heavy atom. The number of aromatic amines is 2. The molecule has 23 heteroatoms. The number of nitrogens with one attached hydrogen (secondary N) is 3. The zero-order chi connectivity index (χ0) is 70.1. The number of ether oxygens (including phenoxy) is 5. The Morgan fingerprint density at radius 1 is 0.470 bits per heavy atom. The van der Waals surface area contributed by atoms with E-state index in [4.69, 9.17) is 46.9 Å². The lowest BCUT2D eigenvalue weighted by Crippen LogP contribution is -2.50. The number of tetrazole rings is 2. The molecule has 3 spiro atoms. The Bertz CT molecular complexity index is 4510. The maximum Gasteiger partial charge on any atom is 0.488 e. The molecule has 8 heterocycles. The lowest BCUT2D eigenvalue weighted by atomic mass is 9.80. The first kappa shape index (κ1) is 68.7. The van der Waals surface area contributed by atoms with Gasteiger partial charge in [-0.3, -0.25) is 0 Å². The number of fused-ring (bicyclic) bond motifs is 3. The Labute approximate surface area is 581 Å². The summed E-state index contributed by atoms with van der Waals surface area (Å²) in [5.74, 6) is 3.86. The largest absolute Gasteiger partial charge is 0.488 e. The molecule has 6 aliphatic heterocycles. The van der Waals surface area contributed by atoms with Crippen LogP contribution in [0.4, 0.5) is 21.0 Å². The predicted molar refractivity (Wildman–Crippen MR) is 381 cm³/mol. The summed E-state index contributed by atoms with van der Waals surface area (Å²) in [7, 11) is -1.45. The van der Waals surface area contributed by atoms with E-state index < -0.39 is 29.5 Å². The fraction of sp³-hybridized carbons (Fsp3) is 0.299. The van der Waals surface area contributed by atoms with Gasteiger partial charge in [0.05, 0.1) is 13.1 Å². The molecule has 0 bridgehead atoms. The van der Waals surface area contributed by atoms with E-state index >= 15 is 0 Å². The first-order chi connectivity index (χ1) is 48.2. The summed E-state index contributed by atoms with van der Waals surface area (Å²) in [5.41, 5.74) is 11.3. The van der Waals surface area contributed by atoms with Crippen LogP contribution in [0.5, 0.6) is 17.2 Å². The molecule has 100 heavy (non-hydrogen) atoms. The Morgan fingerprint density at radius 2 is 0.790 bits per heavy atom. The zero-order valence-electron chi connectivity index (χ0n) is 56.7. The van der Waals surface area contributed by atoms with Crippen molar-refractivity contribution >= 4 is 52.9 Å². The van der Waals surface area contributed by atoms with Crippen molar-refractivity contribution in [1.82, 2.24) is 56.4 Å². The number of benzene rings is 7. The minimum atomic E-state index is -1.45. The van der Waals surface area contributed by atoms with Crippen molar-refractivity contribution in [1.29, 1.82) is 0 Å². The summed E-state index contributed by atoms with van der Waals surface area (Å²) in [4.78, 5) is 35.2. The van der Waals surface area contributed by atoms with Gasteiger partial charge in [-0.05, 0) is 140 Å². The molecule has 7 aromatic carbocycles. The van der Waals surface area contributed by atoms with Gasteiger partial charge < -0.3 is 48.8 Å². The molecule has 0 saturated carbocycles. The van der Waals surface area contributed by atoms with E-state index in [0.717, 1.165) is 93.3 Å². The highest BCUT2D eigenvalue weighted by molar-refractivity contribution is 6.58. The maximum atomic E-state index is 12.5. The van der Waals surface area contributed by atoms with Crippen LogP contribution in [-0.2, 0) is 9.47 Å². The second-order valence-corrected chi connectivity index (χ2v) is 27.2. The molecular formula is C77H78BN13O9. The number of para-hydroxylation sites is 3. The van der Waals surface area contributed by atoms with Gasteiger partial charge in [0.15, 0.2) is 11.4 Å². The summed E-state index contributed by atoms with van der Waals surface area (Å²) >= 11 is 0. The lowest BCUT2D eigenvalue weighted by molar-refractivity contribution is -0.00233. The summed E-state index contributed by atoms with van der Waals surface area (Å²) < 4.78 is 30.5. The first-order valence-corrected chi connectivity index (χ1v) is 33.4. The molecule has 0 unspecified atom stereocenters. The quantitative estimate of drug-likeness (QED) is 0.0766. The van der Waals surface area contributed by atoms with E-state index in [9.17, 15) is 9.59 Å². The van der Waals surface area contributed by atoms with Gasteiger partial charge in [-0.2, -0.15) is 10.4 Å². The summed E-state index contributed by atoms with van der Waals surface area (Å²) in [6, 6.07) is 54.7. The minimum absolute atomic E-state index is 0.221. The average Bonchev–Trinajstić information content (AvgIpc) is 1.14. The molecule has 6 aliphatic rings. The fourth-order valence-electron chi connectivity index (χ4n) is 12.8. The lowest BCUT2D eigenvalue weighted by Gasteiger charge is -2.43. The highest BCUT2D eigenvalue weighted by atomic mass is 16.6. The molecule has 3 fully saturated rings. The highest BCUT2D eigenvalue weighted by Crippen LogP contribution is 2.47. The van der Waals surface area contributed by atoms with E-state index in [0.29, 0.717) is 80.3 Å². The molecule has 0 radical (unpaired) electrons. The topological polar surface area (TPSA) is 257 Å². The van der Waals surface area contributed by atoms with Crippen molar-refractivity contribution in [2.75, 3.05) is 39.3 Å². The van der Waals surface area contributed by atoms with Gasteiger partial charge in [0, 0.05) is 92.5 Å². The van der Waals surface area contributed by atoms with E-state index in [2.05, 4.69) is 129 Å². The first-order valence-electron chi connectivity index (χ1n) is 33.4. The molecule has 22 nitrogen and oxygen atoms in total. The van der Waals surface area contributed by atoms with Crippen LogP contribution in [0.25, 0.3) is 49.2 Å².